The number of fused-ring (bicyclic) bond motifs is 3. The molecule has 2 saturated heterocycles. The molecule has 2 aliphatic heterocycles. The standard InChI is InChI=1S/C26H30IN9O2/c27-12-19-21(28)33-22(29)20(32-19)23(37)34-25-30-13-26(35-25)7-9-36(10-8-26)24(38)14-5-6-18-16(11-14)15-3-1-2-4-17(15)31-18/h5-6,11,31H,1-4,7-10,12-13H2,(H4,28,29,33)(H2,30,34,35,37). The van der Waals surface area contributed by atoms with Gasteiger partial charge in [-0.15, -0.1) is 0 Å². The molecule has 3 aliphatic rings. The van der Waals surface area contributed by atoms with E-state index in [0.717, 1.165) is 36.8 Å². The first-order valence-electron chi connectivity index (χ1n) is 12.9. The molecule has 0 unspecified atom stereocenters. The zero-order valence-corrected chi connectivity index (χ0v) is 23.1. The molecule has 1 aliphatic carbocycles. The van der Waals surface area contributed by atoms with Crippen LogP contribution in [-0.4, -0.2) is 62.8 Å². The number of aromatic amines is 1. The Morgan fingerprint density at radius 3 is 2.68 bits per heavy atom. The Bertz CT molecular complexity index is 1470. The molecule has 1 aromatic carbocycles. The molecule has 0 saturated carbocycles. The van der Waals surface area contributed by atoms with Gasteiger partial charge in [0.05, 0.1) is 11.2 Å². The van der Waals surface area contributed by atoms with Gasteiger partial charge in [0.15, 0.2) is 17.5 Å². The van der Waals surface area contributed by atoms with Gasteiger partial charge < -0.3 is 32.0 Å². The number of halogens is 1. The molecular formula is C26H30IN9O2. The van der Waals surface area contributed by atoms with E-state index in [4.69, 9.17) is 11.5 Å². The van der Waals surface area contributed by atoms with Crippen molar-refractivity contribution < 1.29 is 9.59 Å². The van der Waals surface area contributed by atoms with Crippen LogP contribution in [0, 0.1) is 0 Å². The van der Waals surface area contributed by atoms with Gasteiger partial charge >= 0.3 is 5.91 Å². The first kappa shape index (κ1) is 24.9. The van der Waals surface area contributed by atoms with E-state index in [1.807, 2.05) is 17.0 Å². The first-order valence-corrected chi connectivity index (χ1v) is 14.4. The molecule has 6 rings (SSSR count). The van der Waals surface area contributed by atoms with Gasteiger partial charge in [0.1, 0.15) is 5.82 Å². The van der Waals surface area contributed by atoms with Crippen LogP contribution in [0.25, 0.3) is 10.9 Å². The van der Waals surface area contributed by atoms with Crippen molar-refractivity contribution in [2.45, 2.75) is 48.5 Å². The van der Waals surface area contributed by atoms with Crippen LogP contribution in [0.1, 0.15) is 63.5 Å². The van der Waals surface area contributed by atoms with Crippen LogP contribution >= 0.6 is 22.6 Å². The Labute approximate surface area is 233 Å². The molecule has 2 aromatic heterocycles. The lowest BCUT2D eigenvalue weighted by atomic mass is 9.88. The van der Waals surface area contributed by atoms with Crippen LogP contribution in [0.5, 0.6) is 0 Å². The number of hydrogen-bond acceptors (Lipinski definition) is 6. The number of aryl methyl sites for hydroxylation is 2. The largest absolute Gasteiger partial charge is 0.382 e. The van der Waals surface area contributed by atoms with E-state index in [2.05, 4.69) is 59.2 Å². The summed E-state index contributed by atoms with van der Waals surface area (Å²) in [5.41, 5.74) is 16.5. The minimum atomic E-state index is -0.580. The molecule has 7 N–H and O–H groups in total. The predicted molar refractivity (Wildman–Crippen MR) is 154 cm³/mol. The number of anilines is 2. The van der Waals surface area contributed by atoms with Crippen LogP contribution in [-0.2, 0) is 17.3 Å². The van der Waals surface area contributed by atoms with E-state index in [1.54, 1.807) is 0 Å². The molecule has 38 heavy (non-hydrogen) atoms. The number of amides is 2. The number of carbonyl (C=O) groups is 2. The quantitative estimate of drug-likeness (QED) is 0.218. The Hall–Kier alpha value is -3.42. The maximum Gasteiger partial charge on any atom is 0.302 e. The summed E-state index contributed by atoms with van der Waals surface area (Å²) < 4.78 is 0.504. The topological polar surface area (TPSA) is 167 Å². The second-order valence-electron chi connectivity index (χ2n) is 10.3. The summed E-state index contributed by atoms with van der Waals surface area (Å²) in [5.74, 6) is 0.0368. The summed E-state index contributed by atoms with van der Waals surface area (Å²) in [5, 5.41) is 7.76. The molecule has 1 spiro atoms. The van der Waals surface area contributed by atoms with Gasteiger partial charge in [-0.05, 0) is 62.3 Å². The van der Waals surface area contributed by atoms with Crippen LogP contribution in [0.2, 0.25) is 0 Å². The minimum Gasteiger partial charge on any atom is -0.382 e. The third kappa shape index (κ3) is 4.44. The number of benzene rings is 1. The van der Waals surface area contributed by atoms with Crippen LogP contribution in [0.15, 0.2) is 23.2 Å². The molecule has 2 fully saturated rings. The lowest BCUT2D eigenvalue weighted by molar-refractivity contribution is 0.0669. The van der Waals surface area contributed by atoms with Crippen molar-refractivity contribution >= 4 is 62.9 Å². The molecular weight excluding hydrogens is 597 g/mol. The van der Waals surface area contributed by atoms with Crippen molar-refractivity contribution in [3.8, 4) is 0 Å². The Balaban J connectivity index is 1.12. The summed E-state index contributed by atoms with van der Waals surface area (Å²) in [4.78, 5) is 44.1. The molecule has 11 nitrogen and oxygen atoms in total. The molecule has 2 amide bonds. The van der Waals surface area contributed by atoms with Crippen molar-refractivity contribution in [1.82, 2.24) is 30.5 Å². The molecule has 0 radical (unpaired) electrons. The number of nitrogen functional groups attached to an aromatic ring is 2. The number of carbonyl (C=O) groups excluding carboxylic acids is 2. The zero-order chi connectivity index (χ0) is 26.4. The highest BCUT2D eigenvalue weighted by molar-refractivity contribution is 14.1. The average molecular weight is 627 g/mol. The SMILES string of the molecule is Nc1nc(N)c(C(=O)/N=C2\NCC3(CCN(C(=O)c4ccc5[nH]c6c(c5c4)CCCC6)CC3)N2)nc1CI. The van der Waals surface area contributed by atoms with Crippen molar-refractivity contribution in [3.63, 3.8) is 0 Å². The molecule has 198 valence electrons. The number of rotatable bonds is 3. The smallest absolute Gasteiger partial charge is 0.302 e. The van der Waals surface area contributed by atoms with Gasteiger partial charge in [-0.1, -0.05) is 22.6 Å². The molecule has 3 aromatic rings. The number of nitrogens with two attached hydrogens (primary N) is 2. The number of likely N-dealkylation sites (tertiary alicyclic amines) is 1. The summed E-state index contributed by atoms with van der Waals surface area (Å²) in [6, 6.07) is 6.03. The fraction of sp³-hybridized carbons (Fsp3) is 0.423. The van der Waals surface area contributed by atoms with Crippen molar-refractivity contribution in [2.75, 3.05) is 31.1 Å². The third-order valence-electron chi connectivity index (χ3n) is 7.90. The Morgan fingerprint density at radius 1 is 1.11 bits per heavy atom. The second-order valence-corrected chi connectivity index (χ2v) is 11.1. The number of aliphatic imine (C=N–C) groups is 1. The number of piperidine rings is 1. The van der Waals surface area contributed by atoms with Gasteiger partial charge in [0.25, 0.3) is 5.91 Å². The lowest BCUT2D eigenvalue weighted by Gasteiger charge is -2.38. The highest BCUT2D eigenvalue weighted by atomic mass is 127. The zero-order valence-electron chi connectivity index (χ0n) is 20.9. The van der Waals surface area contributed by atoms with Crippen molar-refractivity contribution in [2.24, 2.45) is 4.99 Å². The van der Waals surface area contributed by atoms with Gasteiger partial charge in [-0.3, -0.25) is 9.59 Å². The fourth-order valence-corrected chi connectivity index (χ4v) is 6.29. The van der Waals surface area contributed by atoms with Gasteiger partial charge in [0.2, 0.25) is 0 Å². The molecule has 0 atom stereocenters. The van der Waals surface area contributed by atoms with Crippen molar-refractivity contribution in [3.05, 3.63) is 46.4 Å². The fourth-order valence-electron chi connectivity index (χ4n) is 5.73. The summed E-state index contributed by atoms with van der Waals surface area (Å²) in [6.07, 6.45) is 6.05. The molecule has 12 heteroatoms. The number of nitrogens with one attached hydrogen (secondary N) is 3. The average Bonchev–Trinajstić information content (AvgIpc) is 3.49. The maximum absolute atomic E-state index is 13.4. The Kier molecular flexibility index (Phi) is 6.36. The van der Waals surface area contributed by atoms with Crippen LogP contribution in [0.4, 0.5) is 11.6 Å². The normalized spacial score (nSPS) is 19.4. The predicted octanol–water partition coefficient (Wildman–Crippen LogP) is 2.30. The monoisotopic (exact) mass is 627 g/mol. The molecule has 4 heterocycles. The highest BCUT2D eigenvalue weighted by Crippen LogP contribution is 2.31. The van der Waals surface area contributed by atoms with E-state index in [0.29, 0.717) is 35.7 Å². The number of H-pyrrole nitrogens is 1. The number of aromatic nitrogens is 3. The van der Waals surface area contributed by atoms with Crippen LogP contribution < -0.4 is 22.1 Å². The number of nitrogens with zero attached hydrogens (tertiary/aromatic N) is 4. The minimum absolute atomic E-state index is 0.0102. The lowest BCUT2D eigenvalue weighted by Crippen LogP contribution is -2.53. The maximum atomic E-state index is 13.4. The molecule has 0 bridgehead atoms. The van der Waals surface area contributed by atoms with Gasteiger partial charge in [-0.2, -0.15) is 4.99 Å². The number of guanidine groups is 1. The third-order valence-corrected chi connectivity index (χ3v) is 8.62. The van der Waals surface area contributed by atoms with E-state index in [1.165, 1.54) is 29.5 Å². The van der Waals surface area contributed by atoms with E-state index < -0.39 is 5.91 Å². The van der Waals surface area contributed by atoms with Gasteiger partial charge in [-0.25, -0.2) is 9.97 Å². The van der Waals surface area contributed by atoms with E-state index in [-0.39, 0.29) is 28.8 Å². The number of alkyl halides is 1. The number of hydrogen-bond donors (Lipinski definition) is 5. The second kappa shape index (κ2) is 9.71. The van der Waals surface area contributed by atoms with E-state index in [9.17, 15) is 9.59 Å². The summed E-state index contributed by atoms with van der Waals surface area (Å²) in [7, 11) is 0. The Morgan fingerprint density at radius 2 is 1.89 bits per heavy atom. The summed E-state index contributed by atoms with van der Waals surface area (Å²) in [6.45, 7) is 1.85. The highest BCUT2D eigenvalue weighted by Gasteiger charge is 2.41. The van der Waals surface area contributed by atoms with Crippen molar-refractivity contribution in [1.29, 1.82) is 0 Å². The van der Waals surface area contributed by atoms with Crippen LogP contribution in [0.3, 0.4) is 0 Å². The van der Waals surface area contributed by atoms with Gasteiger partial charge in [0, 0.05) is 46.2 Å². The summed E-state index contributed by atoms with van der Waals surface area (Å²) >= 11 is 2.10. The van der Waals surface area contributed by atoms with E-state index >= 15 is 0 Å². The first-order chi connectivity index (χ1) is 18.4.